The van der Waals surface area contributed by atoms with E-state index >= 15 is 0 Å². The highest BCUT2D eigenvalue weighted by Crippen LogP contribution is 2.34. The predicted molar refractivity (Wildman–Crippen MR) is 75.0 cm³/mol. The van der Waals surface area contributed by atoms with E-state index in [1.807, 2.05) is 0 Å². The van der Waals surface area contributed by atoms with E-state index in [0.717, 1.165) is 24.1 Å². The smallest absolute Gasteiger partial charge is 0.305 e. The number of benzene rings is 1. The van der Waals surface area contributed by atoms with Crippen LogP contribution in [0.4, 0.5) is 5.69 Å². The van der Waals surface area contributed by atoms with Gasteiger partial charge in [0.1, 0.15) is 0 Å². The van der Waals surface area contributed by atoms with Crippen LogP contribution in [-0.2, 0) is 16.0 Å². The Kier molecular flexibility index (Phi) is 3.37. The minimum atomic E-state index is -0.907. The molecule has 1 aromatic carbocycles. The standard InChI is InChI=1S/C15H16N2O4/c18-13-6-10-5-9(3-4-11(10)16-13)15(21)17-12(7-14(19)20)8-1-2-8/h3-5,8,12H,1-2,6-7H2,(H,16,18)(H,17,21)(H,19,20). The monoisotopic (exact) mass is 288 g/mol. The first kappa shape index (κ1) is 13.6. The van der Waals surface area contributed by atoms with E-state index in [9.17, 15) is 14.4 Å². The van der Waals surface area contributed by atoms with E-state index in [0.29, 0.717) is 5.56 Å². The van der Waals surface area contributed by atoms with Gasteiger partial charge < -0.3 is 15.7 Å². The third-order valence-electron chi connectivity index (χ3n) is 3.89. The second-order valence-electron chi connectivity index (χ2n) is 5.61. The molecule has 1 aliphatic carbocycles. The van der Waals surface area contributed by atoms with E-state index in [4.69, 9.17) is 5.11 Å². The molecule has 0 radical (unpaired) electrons. The number of carboxylic acid groups (broad SMARTS) is 1. The molecule has 6 nitrogen and oxygen atoms in total. The summed E-state index contributed by atoms with van der Waals surface area (Å²) in [5.74, 6) is -1.00. The molecule has 1 atom stereocenters. The molecule has 1 fully saturated rings. The van der Waals surface area contributed by atoms with Gasteiger partial charge in [-0.05, 0) is 42.5 Å². The Bertz CT molecular complexity index is 622. The van der Waals surface area contributed by atoms with Crippen LogP contribution in [0.5, 0.6) is 0 Å². The van der Waals surface area contributed by atoms with Crippen LogP contribution in [0.15, 0.2) is 18.2 Å². The summed E-state index contributed by atoms with van der Waals surface area (Å²) < 4.78 is 0. The highest BCUT2D eigenvalue weighted by Gasteiger charge is 2.34. The molecule has 2 amide bonds. The number of fused-ring (bicyclic) bond motifs is 1. The molecule has 0 aromatic heterocycles. The molecule has 0 bridgehead atoms. The maximum absolute atomic E-state index is 12.2. The summed E-state index contributed by atoms with van der Waals surface area (Å²) in [5, 5.41) is 14.4. The number of aliphatic carboxylic acids is 1. The lowest BCUT2D eigenvalue weighted by molar-refractivity contribution is -0.137. The van der Waals surface area contributed by atoms with Gasteiger partial charge in [-0.15, -0.1) is 0 Å². The lowest BCUT2D eigenvalue weighted by Gasteiger charge is -2.16. The van der Waals surface area contributed by atoms with Gasteiger partial charge in [0, 0.05) is 17.3 Å². The van der Waals surface area contributed by atoms with Crippen molar-refractivity contribution in [3.8, 4) is 0 Å². The van der Waals surface area contributed by atoms with E-state index in [1.54, 1.807) is 18.2 Å². The fourth-order valence-electron chi connectivity index (χ4n) is 2.64. The molecule has 1 aliphatic heterocycles. The van der Waals surface area contributed by atoms with Crippen LogP contribution in [0.3, 0.4) is 0 Å². The molecule has 1 unspecified atom stereocenters. The average molecular weight is 288 g/mol. The minimum absolute atomic E-state index is 0.0542. The quantitative estimate of drug-likeness (QED) is 0.757. The lowest BCUT2D eigenvalue weighted by Crippen LogP contribution is -2.38. The minimum Gasteiger partial charge on any atom is -0.481 e. The first-order chi connectivity index (χ1) is 10.0. The molecule has 6 heteroatoms. The van der Waals surface area contributed by atoms with Crippen LogP contribution in [0.2, 0.25) is 0 Å². The second kappa shape index (κ2) is 5.20. The van der Waals surface area contributed by atoms with Crippen LogP contribution in [-0.4, -0.2) is 28.9 Å². The van der Waals surface area contributed by atoms with Gasteiger partial charge in [-0.1, -0.05) is 0 Å². The van der Waals surface area contributed by atoms with Crippen molar-refractivity contribution in [2.24, 2.45) is 5.92 Å². The predicted octanol–water partition coefficient (Wildman–Crippen LogP) is 1.16. The Morgan fingerprint density at radius 1 is 1.38 bits per heavy atom. The van der Waals surface area contributed by atoms with Crippen molar-refractivity contribution in [2.75, 3.05) is 5.32 Å². The lowest BCUT2D eigenvalue weighted by atomic mass is 10.1. The Balaban J connectivity index is 1.71. The molecule has 3 rings (SSSR count). The first-order valence-corrected chi connectivity index (χ1v) is 6.98. The van der Waals surface area contributed by atoms with Crippen LogP contribution in [0, 0.1) is 5.92 Å². The topological polar surface area (TPSA) is 95.5 Å². The van der Waals surface area contributed by atoms with E-state index < -0.39 is 5.97 Å². The number of carbonyl (C=O) groups is 3. The molecule has 110 valence electrons. The number of hydrogen-bond acceptors (Lipinski definition) is 3. The van der Waals surface area contributed by atoms with Crippen molar-refractivity contribution in [1.29, 1.82) is 0 Å². The van der Waals surface area contributed by atoms with Gasteiger partial charge in [0.25, 0.3) is 5.91 Å². The normalized spacial score (nSPS) is 17.8. The zero-order valence-electron chi connectivity index (χ0n) is 11.4. The van der Waals surface area contributed by atoms with E-state index in [-0.39, 0.29) is 36.6 Å². The van der Waals surface area contributed by atoms with Crippen LogP contribution < -0.4 is 10.6 Å². The third kappa shape index (κ3) is 3.04. The van der Waals surface area contributed by atoms with Gasteiger partial charge in [-0.2, -0.15) is 0 Å². The molecular formula is C15H16N2O4. The molecule has 3 N–H and O–H groups in total. The SMILES string of the molecule is O=C(O)CC(NC(=O)c1ccc2c(c1)CC(=O)N2)C1CC1. The maximum atomic E-state index is 12.2. The summed E-state index contributed by atoms with van der Waals surface area (Å²) in [7, 11) is 0. The molecule has 1 saturated carbocycles. The van der Waals surface area contributed by atoms with Crippen molar-refractivity contribution in [3.05, 3.63) is 29.3 Å². The number of nitrogens with one attached hydrogen (secondary N) is 2. The summed E-state index contributed by atoms with van der Waals surface area (Å²) in [5.41, 5.74) is 2.00. The Hall–Kier alpha value is -2.37. The van der Waals surface area contributed by atoms with Crippen molar-refractivity contribution < 1.29 is 19.5 Å². The Labute approximate surface area is 121 Å². The number of hydrogen-bond donors (Lipinski definition) is 3. The van der Waals surface area contributed by atoms with Gasteiger partial charge in [0.15, 0.2) is 0 Å². The van der Waals surface area contributed by atoms with Crippen molar-refractivity contribution in [3.63, 3.8) is 0 Å². The molecule has 0 saturated heterocycles. The number of anilines is 1. The van der Waals surface area contributed by atoms with E-state index in [2.05, 4.69) is 10.6 Å². The van der Waals surface area contributed by atoms with Gasteiger partial charge in [-0.25, -0.2) is 0 Å². The zero-order valence-corrected chi connectivity index (χ0v) is 11.4. The Morgan fingerprint density at radius 3 is 2.81 bits per heavy atom. The molecule has 1 aromatic rings. The molecular weight excluding hydrogens is 272 g/mol. The zero-order chi connectivity index (χ0) is 15.0. The van der Waals surface area contributed by atoms with Crippen LogP contribution in [0.1, 0.15) is 35.2 Å². The molecule has 1 heterocycles. The Morgan fingerprint density at radius 2 is 2.14 bits per heavy atom. The largest absolute Gasteiger partial charge is 0.481 e. The highest BCUT2D eigenvalue weighted by atomic mass is 16.4. The summed E-state index contributed by atoms with van der Waals surface area (Å²) in [6.45, 7) is 0. The number of rotatable bonds is 5. The van der Waals surface area contributed by atoms with Crippen molar-refractivity contribution >= 4 is 23.5 Å². The third-order valence-corrected chi connectivity index (χ3v) is 3.89. The maximum Gasteiger partial charge on any atom is 0.305 e. The summed E-state index contributed by atoms with van der Waals surface area (Å²) in [6.07, 6.45) is 2.14. The van der Waals surface area contributed by atoms with Gasteiger partial charge in [0.2, 0.25) is 5.91 Å². The van der Waals surface area contributed by atoms with E-state index in [1.165, 1.54) is 0 Å². The fraction of sp³-hybridized carbons (Fsp3) is 0.400. The van der Waals surface area contributed by atoms with Gasteiger partial charge in [-0.3, -0.25) is 14.4 Å². The number of amides is 2. The number of carboxylic acids is 1. The van der Waals surface area contributed by atoms with Gasteiger partial charge >= 0.3 is 5.97 Å². The van der Waals surface area contributed by atoms with Crippen LogP contribution >= 0.6 is 0 Å². The summed E-state index contributed by atoms with van der Waals surface area (Å²) >= 11 is 0. The molecule has 0 spiro atoms. The molecule has 2 aliphatic rings. The van der Waals surface area contributed by atoms with Crippen molar-refractivity contribution in [1.82, 2.24) is 5.32 Å². The van der Waals surface area contributed by atoms with Crippen molar-refractivity contribution in [2.45, 2.75) is 31.7 Å². The fourth-order valence-corrected chi connectivity index (χ4v) is 2.64. The van der Waals surface area contributed by atoms with Crippen LogP contribution in [0.25, 0.3) is 0 Å². The van der Waals surface area contributed by atoms with Gasteiger partial charge in [0.05, 0.1) is 12.8 Å². The summed E-state index contributed by atoms with van der Waals surface area (Å²) in [6, 6.07) is 4.72. The summed E-state index contributed by atoms with van der Waals surface area (Å²) in [4.78, 5) is 34.4. The number of carbonyl (C=O) groups excluding carboxylic acids is 2. The first-order valence-electron chi connectivity index (χ1n) is 6.98. The average Bonchev–Trinajstić information content (AvgIpc) is 3.18. The second-order valence-corrected chi connectivity index (χ2v) is 5.61. The molecule has 21 heavy (non-hydrogen) atoms. The highest BCUT2D eigenvalue weighted by molar-refractivity contribution is 6.01.